The third kappa shape index (κ3) is 6.45. The molecule has 0 radical (unpaired) electrons. The van der Waals surface area contributed by atoms with Crippen molar-refractivity contribution in [3.8, 4) is 11.5 Å². The lowest BCUT2D eigenvalue weighted by Gasteiger charge is -2.36. The average Bonchev–Trinajstić information content (AvgIpc) is 3.30. The van der Waals surface area contributed by atoms with Gasteiger partial charge in [0, 0.05) is 42.7 Å². The monoisotopic (exact) mass is 435 g/mol. The van der Waals surface area contributed by atoms with E-state index in [0.717, 1.165) is 75.0 Å². The number of aliphatic imine (C=N–C) groups is 1. The first-order valence-corrected chi connectivity index (χ1v) is 12.4. The molecular formula is C23H37N3O3S. The van der Waals surface area contributed by atoms with Crippen molar-refractivity contribution in [2.75, 3.05) is 39.7 Å². The Labute approximate surface area is 185 Å². The molecular weight excluding hydrogens is 398 g/mol. The highest BCUT2D eigenvalue weighted by Crippen LogP contribution is 2.33. The summed E-state index contributed by atoms with van der Waals surface area (Å²) in [6, 6.07) is 6.05. The van der Waals surface area contributed by atoms with Crippen molar-refractivity contribution in [3.05, 3.63) is 23.8 Å². The molecule has 1 heterocycles. The number of guanidine groups is 1. The van der Waals surface area contributed by atoms with E-state index in [1.165, 1.54) is 12.8 Å². The lowest BCUT2D eigenvalue weighted by atomic mass is 9.99. The molecule has 1 saturated carbocycles. The van der Waals surface area contributed by atoms with E-state index in [1.54, 1.807) is 7.11 Å². The average molecular weight is 436 g/mol. The molecule has 1 saturated heterocycles. The van der Waals surface area contributed by atoms with Crippen molar-refractivity contribution in [2.45, 2.75) is 62.8 Å². The largest absolute Gasteiger partial charge is 0.497 e. The lowest BCUT2D eigenvalue weighted by Crippen LogP contribution is -2.47. The number of benzene rings is 1. The first-order chi connectivity index (χ1) is 14.7. The molecule has 6 nitrogen and oxygen atoms in total. The second kappa shape index (κ2) is 11.7. The van der Waals surface area contributed by atoms with Crippen LogP contribution < -0.4 is 20.1 Å². The fourth-order valence-corrected chi connectivity index (χ4v) is 4.83. The number of nitrogens with zero attached hydrogens (tertiary/aromatic N) is 1. The zero-order valence-electron chi connectivity index (χ0n) is 18.7. The van der Waals surface area contributed by atoms with E-state index in [0.29, 0.717) is 12.6 Å². The van der Waals surface area contributed by atoms with Gasteiger partial charge in [-0.1, -0.05) is 0 Å². The van der Waals surface area contributed by atoms with Crippen LogP contribution >= 0.6 is 11.8 Å². The van der Waals surface area contributed by atoms with Crippen molar-refractivity contribution in [3.63, 3.8) is 0 Å². The second-order valence-corrected chi connectivity index (χ2v) is 9.32. The van der Waals surface area contributed by atoms with Crippen LogP contribution in [0.4, 0.5) is 0 Å². The first kappa shape index (κ1) is 23.1. The molecule has 0 unspecified atom stereocenters. The van der Waals surface area contributed by atoms with Gasteiger partial charge < -0.3 is 24.8 Å². The summed E-state index contributed by atoms with van der Waals surface area (Å²) in [7, 11) is 1.69. The van der Waals surface area contributed by atoms with Crippen LogP contribution in [0.1, 0.15) is 51.0 Å². The Balaban J connectivity index is 1.68. The topological polar surface area (TPSA) is 64.1 Å². The summed E-state index contributed by atoms with van der Waals surface area (Å²) in [6.45, 7) is 6.05. The van der Waals surface area contributed by atoms with Crippen LogP contribution in [-0.4, -0.2) is 56.5 Å². The highest BCUT2D eigenvalue weighted by Gasteiger charge is 2.31. The summed E-state index contributed by atoms with van der Waals surface area (Å²) in [5.41, 5.74) is 1.09. The highest BCUT2D eigenvalue weighted by molar-refractivity contribution is 8.00. The third-order valence-corrected chi connectivity index (χ3v) is 7.46. The fourth-order valence-electron chi connectivity index (χ4n) is 4.04. The molecule has 7 heteroatoms. The molecule has 0 amide bonds. The molecule has 0 spiro atoms. The van der Waals surface area contributed by atoms with E-state index >= 15 is 0 Å². The van der Waals surface area contributed by atoms with Crippen molar-refractivity contribution in [2.24, 2.45) is 4.99 Å². The second-order valence-electron chi connectivity index (χ2n) is 8.05. The molecule has 3 rings (SSSR count). The Morgan fingerprint density at radius 2 is 2.00 bits per heavy atom. The van der Waals surface area contributed by atoms with Gasteiger partial charge in [0.05, 0.1) is 19.8 Å². The van der Waals surface area contributed by atoms with E-state index in [9.17, 15) is 0 Å². The summed E-state index contributed by atoms with van der Waals surface area (Å²) in [6.07, 6.45) is 9.39. The normalized spacial score (nSPS) is 19.5. The Morgan fingerprint density at radius 3 is 2.67 bits per heavy atom. The number of hydrogen-bond acceptors (Lipinski definition) is 5. The predicted octanol–water partition coefficient (Wildman–Crippen LogP) is 3.98. The van der Waals surface area contributed by atoms with Gasteiger partial charge in [0.25, 0.3) is 0 Å². The van der Waals surface area contributed by atoms with Crippen LogP contribution in [0.3, 0.4) is 0 Å². The number of hydrogen-bond donors (Lipinski definition) is 2. The highest BCUT2D eigenvalue weighted by atomic mass is 32.2. The summed E-state index contributed by atoms with van der Waals surface area (Å²) in [4.78, 5) is 4.86. The first-order valence-electron chi connectivity index (χ1n) is 11.2. The van der Waals surface area contributed by atoms with Crippen LogP contribution in [0.25, 0.3) is 0 Å². The SMILES string of the molecule is CCNC(=NCc1ccc(OC)cc1OC1CCCC1)NCC1(SC)CCOCC1. The van der Waals surface area contributed by atoms with Gasteiger partial charge in [-0.15, -0.1) is 0 Å². The predicted molar refractivity (Wildman–Crippen MR) is 125 cm³/mol. The van der Waals surface area contributed by atoms with E-state index in [4.69, 9.17) is 19.2 Å². The molecule has 2 fully saturated rings. The Hall–Kier alpha value is -1.60. The van der Waals surface area contributed by atoms with Crippen LogP contribution in [0.5, 0.6) is 11.5 Å². The number of rotatable bonds is 9. The van der Waals surface area contributed by atoms with Gasteiger partial charge in [-0.2, -0.15) is 11.8 Å². The Bertz CT molecular complexity index is 686. The van der Waals surface area contributed by atoms with Crippen molar-refractivity contribution in [1.29, 1.82) is 0 Å². The lowest BCUT2D eigenvalue weighted by molar-refractivity contribution is 0.0783. The van der Waals surface area contributed by atoms with Gasteiger partial charge in [0.15, 0.2) is 5.96 Å². The summed E-state index contributed by atoms with van der Waals surface area (Å²) < 4.78 is 17.5. The number of methoxy groups -OCH3 is 1. The maximum absolute atomic E-state index is 6.32. The number of thioether (sulfide) groups is 1. The Kier molecular flexibility index (Phi) is 9.00. The zero-order valence-corrected chi connectivity index (χ0v) is 19.5. The molecule has 1 aliphatic carbocycles. The molecule has 0 atom stereocenters. The van der Waals surface area contributed by atoms with Crippen LogP contribution in [-0.2, 0) is 11.3 Å². The fraction of sp³-hybridized carbons (Fsp3) is 0.696. The van der Waals surface area contributed by atoms with Crippen molar-refractivity contribution < 1.29 is 14.2 Å². The summed E-state index contributed by atoms with van der Waals surface area (Å²) in [5, 5.41) is 6.95. The standard InChI is InChI=1S/C23H37N3O3S/c1-4-24-22(26-17-23(30-3)11-13-28-14-12-23)25-16-18-9-10-20(27-2)15-21(18)29-19-7-5-6-8-19/h9-10,15,19H,4-8,11-14,16-17H2,1-3H3,(H2,24,25,26). The molecule has 2 aliphatic rings. The van der Waals surface area contributed by atoms with E-state index in [2.05, 4.69) is 29.9 Å². The minimum absolute atomic E-state index is 0.214. The van der Waals surface area contributed by atoms with Crippen molar-refractivity contribution in [1.82, 2.24) is 10.6 Å². The minimum Gasteiger partial charge on any atom is -0.497 e. The smallest absolute Gasteiger partial charge is 0.191 e. The molecule has 0 aromatic heterocycles. The number of ether oxygens (including phenoxy) is 3. The molecule has 2 N–H and O–H groups in total. The van der Waals surface area contributed by atoms with E-state index < -0.39 is 0 Å². The minimum atomic E-state index is 0.214. The van der Waals surface area contributed by atoms with Gasteiger partial charge in [-0.05, 0) is 63.8 Å². The van der Waals surface area contributed by atoms with E-state index in [-0.39, 0.29) is 4.75 Å². The van der Waals surface area contributed by atoms with Crippen LogP contribution in [0, 0.1) is 0 Å². The maximum atomic E-state index is 6.32. The molecule has 168 valence electrons. The maximum Gasteiger partial charge on any atom is 0.191 e. The zero-order chi connectivity index (χ0) is 21.2. The van der Waals surface area contributed by atoms with Gasteiger partial charge in [-0.25, -0.2) is 4.99 Å². The third-order valence-electron chi connectivity index (χ3n) is 6.04. The molecule has 1 aromatic rings. The molecule has 30 heavy (non-hydrogen) atoms. The molecule has 1 aromatic carbocycles. The molecule has 1 aliphatic heterocycles. The van der Waals surface area contributed by atoms with E-state index in [1.807, 2.05) is 23.9 Å². The van der Waals surface area contributed by atoms with Crippen LogP contribution in [0.15, 0.2) is 23.2 Å². The number of nitrogens with one attached hydrogen (secondary N) is 2. The van der Waals surface area contributed by atoms with Gasteiger partial charge in [0.2, 0.25) is 0 Å². The van der Waals surface area contributed by atoms with Crippen molar-refractivity contribution >= 4 is 17.7 Å². The van der Waals surface area contributed by atoms with Gasteiger partial charge in [-0.3, -0.25) is 0 Å². The van der Waals surface area contributed by atoms with Gasteiger partial charge >= 0.3 is 0 Å². The van der Waals surface area contributed by atoms with Gasteiger partial charge in [0.1, 0.15) is 11.5 Å². The summed E-state index contributed by atoms with van der Waals surface area (Å²) >= 11 is 1.93. The quantitative estimate of drug-likeness (QED) is 0.452. The Morgan fingerprint density at radius 1 is 1.23 bits per heavy atom. The molecule has 0 bridgehead atoms. The summed E-state index contributed by atoms with van der Waals surface area (Å²) in [5.74, 6) is 2.56. The van der Waals surface area contributed by atoms with Crippen LogP contribution in [0.2, 0.25) is 0 Å².